The molecule has 5 heterocycles. The van der Waals surface area contributed by atoms with Gasteiger partial charge in [-0.2, -0.15) is 9.97 Å². The van der Waals surface area contributed by atoms with Gasteiger partial charge in [0.15, 0.2) is 5.82 Å². The molecule has 3 aliphatic rings. The van der Waals surface area contributed by atoms with E-state index in [0.717, 1.165) is 45.4 Å². The van der Waals surface area contributed by atoms with Gasteiger partial charge in [-0.1, -0.05) is 25.8 Å². The van der Waals surface area contributed by atoms with Crippen molar-refractivity contribution < 1.29 is 18.6 Å². The number of nitrogens with zero attached hydrogens (tertiary/aromatic N) is 5. The third kappa shape index (κ3) is 4.88. The number of benzene rings is 2. The third-order valence-electron chi connectivity index (χ3n) is 9.91. The van der Waals surface area contributed by atoms with Gasteiger partial charge in [-0.05, 0) is 62.4 Å². The topological polar surface area (TPSA) is 86.6 Å². The summed E-state index contributed by atoms with van der Waals surface area (Å²) in [6.07, 6.45) is 10.5. The Morgan fingerprint density at radius 2 is 1.93 bits per heavy atom. The summed E-state index contributed by atoms with van der Waals surface area (Å²) in [4.78, 5) is 18.5. The van der Waals surface area contributed by atoms with Crippen molar-refractivity contribution in [2.24, 2.45) is 11.3 Å². The Hall–Kier alpha value is -4.07. The number of halogens is 2. The number of pyridine rings is 1. The number of phenols is 1. The molecular formula is C34H36F2N6O2. The SMILES string of the molecule is C#Cc1c(F)ccc2cc(O)cc(-c3ncc4c(N5C[C@H]6CC[C@@H](C5)N6)nc(OC[C@]5(C)CN(C)CC[C@H]5C)nc4c3F)c12. The van der Waals surface area contributed by atoms with E-state index < -0.39 is 11.6 Å². The van der Waals surface area contributed by atoms with Crippen LogP contribution in [0, 0.1) is 35.3 Å². The van der Waals surface area contributed by atoms with Crippen molar-refractivity contribution in [3.63, 3.8) is 0 Å². The van der Waals surface area contributed by atoms with E-state index in [1.807, 2.05) is 0 Å². The number of hydrogen-bond acceptors (Lipinski definition) is 8. The average Bonchev–Trinajstić information content (AvgIpc) is 3.35. The lowest BCUT2D eigenvalue weighted by atomic mass is 9.74. The quantitative estimate of drug-likeness (QED) is 0.307. The summed E-state index contributed by atoms with van der Waals surface area (Å²) in [6, 6.07) is 6.32. The van der Waals surface area contributed by atoms with Crippen molar-refractivity contribution in [1.29, 1.82) is 0 Å². The molecule has 2 aromatic carbocycles. The molecule has 8 nitrogen and oxygen atoms in total. The molecule has 0 radical (unpaired) electrons. The van der Waals surface area contributed by atoms with Crippen molar-refractivity contribution in [1.82, 2.24) is 25.2 Å². The highest BCUT2D eigenvalue weighted by atomic mass is 19.1. The number of nitrogens with one attached hydrogen (secondary N) is 1. The fourth-order valence-corrected chi connectivity index (χ4v) is 7.27. The maximum Gasteiger partial charge on any atom is 0.319 e. The molecule has 3 saturated heterocycles. The number of piperazine rings is 1. The number of rotatable bonds is 5. The van der Waals surface area contributed by atoms with Crippen molar-refractivity contribution in [3.8, 4) is 35.4 Å². The van der Waals surface area contributed by atoms with E-state index in [1.54, 1.807) is 6.20 Å². The van der Waals surface area contributed by atoms with E-state index in [-0.39, 0.29) is 39.5 Å². The Bertz CT molecular complexity index is 1810. The first-order valence-electron chi connectivity index (χ1n) is 15.2. The zero-order valence-electron chi connectivity index (χ0n) is 25.2. The van der Waals surface area contributed by atoms with E-state index in [0.29, 0.717) is 46.6 Å². The second-order valence-electron chi connectivity index (χ2n) is 13.1. The zero-order chi connectivity index (χ0) is 30.7. The minimum atomic E-state index is -0.717. The Morgan fingerprint density at radius 3 is 2.68 bits per heavy atom. The van der Waals surface area contributed by atoms with Crippen LogP contribution in [0.3, 0.4) is 0 Å². The van der Waals surface area contributed by atoms with Crippen molar-refractivity contribution in [3.05, 3.63) is 47.7 Å². The van der Waals surface area contributed by atoms with E-state index in [2.05, 4.69) is 51.9 Å². The van der Waals surface area contributed by atoms with Crippen LogP contribution < -0.4 is 15.0 Å². The Labute approximate surface area is 255 Å². The van der Waals surface area contributed by atoms with E-state index in [4.69, 9.17) is 16.1 Å². The largest absolute Gasteiger partial charge is 0.508 e. The molecule has 2 aromatic heterocycles. The molecule has 10 heteroatoms. The van der Waals surface area contributed by atoms with Crippen LogP contribution in [0.4, 0.5) is 14.6 Å². The van der Waals surface area contributed by atoms with Crippen LogP contribution in [0.2, 0.25) is 0 Å². The van der Waals surface area contributed by atoms with Gasteiger partial charge in [-0.15, -0.1) is 6.42 Å². The first-order valence-corrected chi connectivity index (χ1v) is 15.2. The van der Waals surface area contributed by atoms with Gasteiger partial charge >= 0.3 is 6.01 Å². The molecule has 3 aliphatic heterocycles. The van der Waals surface area contributed by atoms with E-state index in [1.165, 1.54) is 24.3 Å². The molecule has 4 atom stereocenters. The van der Waals surface area contributed by atoms with Gasteiger partial charge in [-0.3, -0.25) is 4.98 Å². The second kappa shape index (κ2) is 10.8. The summed E-state index contributed by atoms with van der Waals surface area (Å²) < 4.78 is 37.9. The normalized spacial score (nSPS) is 25.5. The number of aromatic nitrogens is 3. The lowest BCUT2D eigenvalue weighted by molar-refractivity contribution is 0.0192. The van der Waals surface area contributed by atoms with Gasteiger partial charge in [0.2, 0.25) is 0 Å². The summed E-state index contributed by atoms with van der Waals surface area (Å²) in [5, 5.41) is 15.4. The van der Waals surface area contributed by atoms with Crippen molar-refractivity contribution in [2.75, 3.05) is 44.7 Å². The zero-order valence-corrected chi connectivity index (χ0v) is 25.2. The maximum absolute atomic E-state index is 16.8. The van der Waals surface area contributed by atoms with Crippen LogP contribution in [0.1, 0.15) is 38.7 Å². The molecule has 0 amide bonds. The van der Waals surface area contributed by atoms with Crippen molar-refractivity contribution in [2.45, 2.75) is 45.2 Å². The molecule has 0 aliphatic carbocycles. The van der Waals surface area contributed by atoms with Crippen molar-refractivity contribution >= 4 is 27.5 Å². The van der Waals surface area contributed by atoms with Crippen LogP contribution in [0.15, 0.2) is 30.5 Å². The van der Waals surface area contributed by atoms with Crippen LogP contribution in [-0.4, -0.2) is 76.9 Å². The van der Waals surface area contributed by atoms with Crippen LogP contribution in [0.5, 0.6) is 11.8 Å². The molecule has 0 unspecified atom stereocenters. The highest BCUT2D eigenvalue weighted by molar-refractivity contribution is 6.03. The standard InChI is InChI=1S/C34H36F2N6O2/c1-5-24-27(35)9-6-20-12-23(43)13-25(28(20)24)30-29(36)31-26(14-37-30)32(42-15-21-7-8-22(16-42)38-21)40-33(39-31)44-18-34(3)17-41(4)11-10-19(34)2/h1,6,9,12-14,19,21-22,38,43H,7-8,10-11,15-18H2,2-4H3/t19-,21-,22+,34+/m1/s1. The molecule has 0 saturated carbocycles. The summed E-state index contributed by atoms with van der Waals surface area (Å²) in [5.74, 6) is 1.95. The van der Waals surface area contributed by atoms with Gasteiger partial charge in [0, 0.05) is 54.3 Å². The highest BCUT2D eigenvalue weighted by Gasteiger charge is 2.38. The lowest BCUT2D eigenvalue weighted by Gasteiger charge is -2.43. The van der Waals surface area contributed by atoms with Gasteiger partial charge < -0.3 is 25.0 Å². The molecule has 7 rings (SSSR count). The number of ether oxygens (including phenoxy) is 1. The first kappa shape index (κ1) is 28.7. The maximum atomic E-state index is 16.8. The van der Waals surface area contributed by atoms with Gasteiger partial charge in [0.25, 0.3) is 0 Å². The summed E-state index contributed by atoms with van der Waals surface area (Å²) in [7, 11) is 2.11. The van der Waals surface area contributed by atoms with E-state index in [9.17, 15) is 9.50 Å². The molecule has 0 spiro atoms. The predicted octanol–water partition coefficient (Wildman–Crippen LogP) is 5.11. The number of anilines is 1. The summed E-state index contributed by atoms with van der Waals surface area (Å²) in [5.41, 5.74) is -0.0119. The summed E-state index contributed by atoms with van der Waals surface area (Å²) in [6.45, 7) is 8.20. The minimum Gasteiger partial charge on any atom is -0.508 e. The Morgan fingerprint density at radius 1 is 1.16 bits per heavy atom. The van der Waals surface area contributed by atoms with Gasteiger partial charge in [0.05, 0.1) is 17.6 Å². The number of fused-ring (bicyclic) bond motifs is 4. The average molecular weight is 599 g/mol. The number of terminal acetylenes is 1. The molecule has 2 bridgehead atoms. The summed E-state index contributed by atoms with van der Waals surface area (Å²) >= 11 is 0. The lowest BCUT2D eigenvalue weighted by Crippen LogP contribution is -2.51. The predicted molar refractivity (Wildman–Crippen MR) is 167 cm³/mol. The molecular weight excluding hydrogens is 562 g/mol. The molecule has 3 fully saturated rings. The number of hydrogen-bond donors (Lipinski definition) is 2. The van der Waals surface area contributed by atoms with Crippen LogP contribution in [-0.2, 0) is 0 Å². The molecule has 228 valence electrons. The van der Waals surface area contributed by atoms with Crippen LogP contribution in [0.25, 0.3) is 32.9 Å². The number of piperidine rings is 1. The molecule has 4 aromatic rings. The third-order valence-corrected chi connectivity index (χ3v) is 9.91. The highest BCUT2D eigenvalue weighted by Crippen LogP contribution is 2.40. The minimum absolute atomic E-state index is 0.0256. The van der Waals surface area contributed by atoms with Gasteiger partial charge in [-0.25, -0.2) is 8.78 Å². The fourth-order valence-electron chi connectivity index (χ4n) is 7.27. The van der Waals surface area contributed by atoms with Gasteiger partial charge in [0.1, 0.15) is 28.6 Å². The number of phenolic OH excluding ortho intramolecular Hbond substituents is 1. The smallest absolute Gasteiger partial charge is 0.319 e. The Kier molecular flexibility index (Phi) is 7.06. The van der Waals surface area contributed by atoms with E-state index >= 15 is 4.39 Å². The molecule has 44 heavy (non-hydrogen) atoms. The monoisotopic (exact) mass is 598 g/mol. The second-order valence-corrected chi connectivity index (χ2v) is 13.1. The Balaban J connectivity index is 1.38. The molecule has 2 N–H and O–H groups in total. The fraction of sp³-hybridized carbons (Fsp3) is 0.441. The number of aromatic hydroxyl groups is 1. The van der Waals surface area contributed by atoms with Crippen LogP contribution >= 0.6 is 0 Å². The first-order chi connectivity index (χ1) is 21.1. The number of likely N-dealkylation sites (tertiary alicyclic amines) is 1.